The minimum atomic E-state index is 0.355. The van der Waals surface area contributed by atoms with E-state index in [-0.39, 0.29) is 0 Å². The van der Waals surface area contributed by atoms with Gasteiger partial charge in [-0.15, -0.1) is 0 Å². The molecule has 0 aliphatic rings. The number of aliphatic imine (C=N–C) groups is 2. The van der Waals surface area contributed by atoms with Crippen molar-refractivity contribution < 1.29 is 0 Å². The summed E-state index contributed by atoms with van der Waals surface area (Å²) in [5, 5.41) is 3.09. The molecule has 118 valence electrons. The first-order valence-corrected chi connectivity index (χ1v) is 6.91. The maximum Gasteiger partial charge on any atom is 0.227 e. The maximum atomic E-state index is 4.45. The lowest BCUT2D eigenvalue weighted by Gasteiger charge is -2.08. The van der Waals surface area contributed by atoms with Crippen LogP contribution in [-0.4, -0.2) is 11.7 Å². The van der Waals surface area contributed by atoms with Gasteiger partial charge >= 0.3 is 0 Å². The molecule has 0 unspecified atom stereocenters. The lowest BCUT2D eigenvalue weighted by molar-refractivity contribution is 1.14. The van der Waals surface area contributed by atoms with Crippen molar-refractivity contribution in [1.82, 2.24) is 5.32 Å². The maximum absolute atomic E-state index is 4.45. The van der Waals surface area contributed by atoms with Gasteiger partial charge in [0.2, 0.25) is 5.96 Å². The van der Waals surface area contributed by atoms with Crippen molar-refractivity contribution in [3.63, 3.8) is 0 Å². The topological polar surface area (TPSA) is 36.8 Å². The Hall–Kier alpha value is -3.20. The predicted molar refractivity (Wildman–Crippen MR) is 104 cm³/mol. The average molecular weight is 305 g/mol. The van der Waals surface area contributed by atoms with Crippen LogP contribution >= 0.6 is 0 Å². The summed E-state index contributed by atoms with van der Waals surface area (Å²) in [7, 11) is 0. The molecule has 0 radical (unpaired) electrons. The van der Waals surface area contributed by atoms with Crippen LogP contribution in [0.2, 0.25) is 0 Å². The summed E-state index contributed by atoms with van der Waals surface area (Å²) < 4.78 is 0. The molecule has 0 aliphatic heterocycles. The first kappa shape index (κ1) is 19.8. The molecule has 0 atom stereocenters. The van der Waals surface area contributed by atoms with Crippen LogP contribution in [0.5, 0.6) is 0 Å². The molecule has 0 heterocycles. The highest BCUT2D eigenvalue weighted by Gasteiger charge is 2.03. The Morgan fingerprint density at radius 3 is 2.00 bits per heavy atom. The van der Waals surface area contributed by atoms with Crippen molar-refractivity contribution in [3.8, 4) is 0 Å². The zero-order valence-corrected chi connectivity index (χ0v) is 13.4. The van der Waals surface area contributed by atoms with Crippen molar-refractivity contribution >= 4 is 11.7 Å². The molecular formula is C20H23N3. The number of nitrogens with one attached hydrogen (secondary N) is 1. The van der Waals surface area contributed by atoms with Crippen molar-refractivity contribution in [3.05, 3.63) is 112 Å². The molecule has 0 fully saturated rings. The Kier molecular flexibility index (Phi) is 10.8. The molecule has 0 rings (SSSR count). The van der Waals surface area contributed by atoms with E-state index >= 15 is 0 Å². The van der Waals surface area contributed by atoms with Crippen molar-refractivity contribution in [2.24, 2.45) is 9.98 Å². The summed E-state index contributed by atoms with van der Waals surface area (Å²) in [5.74, 6) is 0.355. The second kappa shape index (κ2) is 12.5. The first-order chi connectivity index (χ1) is 11.2. The summed E-state index contributed by atoms with van der Waals surface area (Å²) >= 11 is 0. The van der Waals surface area contributed by atoms with E-state index in [1.54, 1.807) is 48.6 Å². The highest BCUT2D eigenvalue weighted by molar-refractivity contribution is 6.14. The predicted octanol–water partition coefficient (Wildman–Crippen LogP) is 4.81. The lowest BCUT2D eigenvalue weighted by Crippen LogP contribution is -2.21. The largest absolute Gasteiger partial charge is 0.324 e. The van der Waals surface area contributed by atoms with Crippen molar-refractivity contribution in [2.45, 2.75) is 0 Å². The minimum absolute atomic E-state index is 0.355. The van der Waals surface area contributed by atoms with E-state index < -0.39 is 0 Å². The minimum Gasteiger partial charge on any atom is -0.324 e. The van der Waals surface area contributed by atoms with Crippen LogP contribution < -0.4 is 5.32 Å². The molecule has 3 heteroatoms. The van der Waals surface area contributed by atoms with E-state index in [2.05, 4.69) is 54.8 Å². The second-order valence-electron chi connectivity index (χ2n) is 3.98. The zero-order chi connectivity index (χ0) is 17.5. The van der Waals surface area contributed by atoms with Gasteiger partial charge in [0, 0.05) is 11.9 Å². The molecule has 23 heavy (non-hydrogen) atoms. The van der Waals surface area contributed by atoms with Crippen LogP contribution in [0.4, 0.5) is 0 Å². The fourth-order valence-electron chi connectivity index (χ4n) is 1.47. The fraction of sp³-hybridized carbons (Fsp3) is 0. The van der Waals surface area contributed by atoms with Crippen molar-refractivity contribution in [1.29, 1.82) is 0 Å². The number of rotatable bonds is 9. The third-order valence-electron chi connectivity index (χ3n) is 2.41. The van der Waals surface area contributed by atoms with Crippen LogP contribution in [-0.2, 0) is 0 Å². The molecule has 0 bridgehead atoms. The second-order valence-corrected chi connectivity index (χ2v) is 3.98. The number of hydrogen-bond acceptors (Lipinski definition) is 1. The summed E-state index contributed by atoms with van der Waals surface area (Å²) in [4.78, 5) is 8.58. The summed E-state index contributed by atoms with van der Waals surface area (Å²) in [6, 6.07) is 0. The Morgan fingerprint density at radius 1 is 0.826 bits per heavy atom. The molecule has 0 saturated carbocycles. The van der Waals surface area contributed by atoms with Crippen LogP contribution in [0.15, 0.2) is 122 Å². The van der Waals surface area contributed by atoms with Gasteiger partial charge in [0.1, 0.15) is 0 Å². The Bertz CT molecular complexity index is 623. The monoisotopic (exact) mass is 305 g/mol. The molecule has 0 aliphatic carbocycles. The van der Waals surface area contributed by atoms with E-state index in [1.165, 1.54) is 6.20 Å². The van der Waals surface area contributed by atoms with Gasteiger partial charge in [-0.25, -0.2) is 9.98 Å². The molecule has 0 aromatic carbocycles. The molecular weight excluding hydrogens is 282 g/mol. The van der Waals surface area contributed by atoms with Gasteiger partial charge in [-0.3, -0.25) is 0 Å². The number of guanidine groups is 1. The Morgan fingerprint density at radius 2 is 1.52 bits per heavy atom. The van der Waals surface area contributed by atoms with Gasteiger partial charge in [-0.1, -0.05) is 75.9 Å². The summed E-state index contributed by atoms with van der Waals surface area (Å²) in [6.45, 7) is 22.1. The molecule has 0 amide bonds. The van der Waals surface area contributed by atoms with E-state index in [9.17, 15) is 0 Å². The van der Waals surface area contributed by atoms with Crippen LogP contribution in [0.3, 0.4) is 0 Å². The van der Waals surface area contributed by atoms with Gasteiger partial charge in [-0.2, -0.15) is 0 Å². The SMILES string of the molecule is C=C/C=C\C(=C/C=C)NC(=NC=C)N=C(C=C)/C(C=C)=C/C=C. The standard InChI is InChI=1S/C20H23N3/c1-7-13-16-18(15-9-3)22-20(21-12-6)23-19(11-5)17(10-4)14-8-2/h7-16H,1-6H2,(H,21,22)/b16-13-,17-14+,18-15+,23-19?. The normalized spacial score (nSPS) is 13.4. The third kappa shape index (κ3) is 7.97. The lowest BCUT2D eigenvalue weighted by atomic mass is 10.1. The molecule has 0 aromatic rings. The van der Waals surface area contributed by atoms with E-state index in [0.29, 0.717) is 11.7 Å². The van der Waals surface area contributed by atoms with Gasteiger partial charge in [-0.05, 0) is 23.8 Å². The highest BCUT2D eigenvalue weighted by atomic mass is 15.1. The highest BCUT2D eigenvalue weighted by Crippen LogP contribution is 2.04. The Labute approximate surface area is 139 Å². The number of hydrogen-bond donors (Lipinski definition) is 1. The van der Waals surface area contributed by atoms with Gasteiger partial charge in [0.25, 0.3) is 0 Å². The van der Waals surface area contributed by atoms with Gasteiger partial charge in [0.15, 0.2) is 0 Å². The molecule has 0 spiro atoms. The number of allylic oxidation sites excluding steroid dienone is 10. The molecule has 3 nitrogen and oxygen atoms in total. The van der Waals surface area contributed by atoms with E-state index in [0.717, 1.165) is 11.3 Å². The van der Waals surface area contributed by atoms with Crippen LogP contribution in [0.1, 0.15) is 0 Å². The van der Waals surface area contributed by atoms with Gasteiger partial charge in [0.05, 0.1) is 5.71 Å². The molecule has 0 saturated heterocycles. The smallest absolute Gasteiger partial charge is 0.227 e. The van der Waals surface area contributed by atoms with Crippen LogP contribution in [0.25, 0.3) is 0 Å². The summed E-state index contributed by atoms with van der Waals surface area (Å²) in [5.41, 5.74) is 2.14. The van der Waals surface area contributed by atoms with E-state index in [1.807, 2.05) is 6.08 Å². The average Bonchev–Trinajstić information content (AvgIpc) is 2.55. The van der Waals surface area contributed by atoms with Crippen molar-refractivity contribution in [2.75, 3.05) is 0 Å². The zero-order valence-electron chi connectivity index (χ0n) is 13.4. The van der Waals surface area contributed by atoms with E-state index in [4.69, 9.17) is 0 Å². The molecule has 0 aromatic heterocycles. The van der Waals surface area contributed by atoms with Gasteiger partial charge < -0.3 is 5.32 Å². The number of nitrogens with zero attached hydrogens (tertiary/aromatic N) is 2. The fourth-order valence-corrected chi connectivity index (χ4v) is 1.47. The molecule has 1 N–H and O–H groups in total. The third-order valence-corrected chi connectivity index (χ3v) is 2.41. The first-order valence-electron chi connectivity index (χ1n) is 6.91. The van der Waals surface area contributed by atoms with Crippen LogP contribution in [0, 0.1) is 0 Å². The summed E-state index contributed by atoms with van der Waals surface area (Å²) in [6.07, 6.45) is 16.9. The quantitative estimate of drug-likeness (QED) is 0.370. The Balaban J connectivity index is 5.75.